The van der Waals surface area contributed by atoms with E-state index in [4.69, 9.17) is 0 Å². The molecule has 1 aromatic heterocycles. The van der Waals surface area contributed by atoms with Gasteiger partial charge in [0, 0.05) is 7.05 Å². The van der Waals surface area contributed by atoms with Gasteiger partial charge in [0.25, 0.3) is 5.56 Å². The smallest absolute Gasteiger partial charge is 0.261 e. The lowest BCUT2D eigenvalue weighted by Crippen LogP contribution is -2.29. The van der Waals surface area contributed by atoms with E-state index in [9.17, 15) is 4.79 Å². The fourth-order valence-corrected chi connectivity index (χ4v) is 4.39. The van der Waals surface area contributed by atoms with E-state index in [-0.39, 0.29) is 11.0 Å². The standard InChI is InChI=1S/C16H23N2OP/c1-16(2,3)11-8-9-12-13(14(11)20(5,6)7)15(19)18(4)10-17-12/h8-10H,5H2,1-4,6-7H3. The Balaban J connectivity index is 3.11. The molecule has 3 nitrogen and oxygen atoms in total. The van der Waals surface area contributed by atoms with Crippen LogP contribution in [0.3, 0.4) is 0 Å². The van der Waals surface area contributed by atoms with E-state index in [2.05, 4.69) is 51.5 Å². The number of hydrogen-bond donors (Lipinski definition) is 0. The highest BCUT2D eigenvalue weighted by molar-refractivity contribution is 7.79. The zero-order valence-corrected chi connectivity index (χ0v) is 14.1. The predicted molar refractivity (Wildman–Crippen MR) is 91.2 cm³/mol. The summed E-state index contributed by atoms with van der Waals surface area (Å²) < 4.78 is 1.55. The van der Waals surface area contributed by atoms with Gasteiger partial charge in [-0.15, -0.1) is 0 Å². The Hall–Kier alpha value is -1.34. The van der Waals surface area contributed by atoms with E-state index >= 15 is 0 Å². The molecule has 1 heterocycles. The molecule has 20 heavy (non-hydrogen) atoms. The second kappa shape index (κ2) is 4.60. The number of benzene rings is 1. The molecule has 108 valence electrons. The minimum absolute atomic E-state index is 0.0145. The van der Waals surface area contributed by atoms with E-state index in [1.54, 1.807) is 17.9 Å². The van der Waals surface area contributed by atoms with Gasteiger partial charge in [0.05, 0.1) is 17.2 Å². The molecule has 0 bridgehead atoms. The van der Waals surface area contributed by atoms with E-state index < -0.39 is 6.89 Å². The normalized spacial score (nSPS) is 12.9. The van der Waals surface area contributed by atoms with Crippen molar-refractivity contribution in [2.24, 2.45) is 7.05 Å². The Morgan fingerprint density at radius 2 is 1.85 bits per heavy atom. The Morgan fingerprint density at radius 1 is 1.25 bits per heavy atom. The summed E-state index contributed by atoms with van der Waals surface area (Å²) in [7, 11) is 1.75. The number of nitrogens with zero attached hydrogens (tertiary/aromatic N) is 2. The monoisotopic (exact) mass is 290 g/mol. The predicted octanol–water partition coefficient (Wildman–Crippen LogP) is 2.57. The lowest BCUT2D eigenvalue weighted by Gasteiger charge is -2.28. The van der Waals surface area contributed by atoms with Crippen molar-refractivity contribution in [3.63, 3.8) is 0 Å². The van der Waals surface area contributed by atoms with Crippen molar-refractivity contribution in [2.45, 2.75) is 26.2 Å². The minimum Gasteiger partial charge on any atom is -0.302 e. The first-order chi connectivity index (χ1) is 9.03. The molecule has 2 rings (SSSR count). The quantitative estimate of drug-likeness (QED) is 0.757. The van der Waals surface area contributed by atoms with Crippen molar-refractivity contribution < 1.29 is 0 Å². The zero-order valence-electron chi connectivity index (χ0n) is 13.2. The highest BCUT2D eigenvalue weighted by Crippen LogP contribution is 2.40. The maximum Gasteiger partial charge on any atom is 0.261 e. The maximum absolute atomic E-state index is 12.6. The molecule has 0 fully saturated rings. The fraction of sp³-hybridized carbons (Fsp3) is 0.438. The van der Waals surface area contributed by atoms with Crippen LogP contribution in [0.1, 0.15) is 26.3 Å². The summed E-state index contributed by atoms with van der Waals surface area (Å²) in [5.41, 5.74) is 1.99. The van der Waals surface area contributed by atoms with Crippen LogP contribution in [0.25, 0.3) is 10.9 Å². The first kappa shape index (κ1) is 15.1. The molecule has 0 spiro atoms. The molecule has 0 N–H and O–H groups in total. The fourth-order valence-electron chi connectivity index (χ4n) is 2.51. The van der Waals surface area contributed by atoms with Crippen LogP contribution < -0.4 is 10.9 Å². The van der Waals surface area contributed by atoms with Crippen molar-refractivity contribution in [2.75, 3.05) is 13.3 Å². The highest BCUT2D eigenvalue weighted by atomic mass is 31.2. The van der Waals surface area contributed by atoms with Crippen molar-refractivity contribution in [3.05, 3.63) is 34.4 Å². The van der Waals surface area contributed by atoms with E-state index in [0.29, 0.717) is 0 Å². The van der Waals surface area contributed by atoms with Gasteiger partial charge in [0.15, 0.2) is 0 Å². The van der Waals surface area contributed by atoms with Crippen molar-refractivity contribution in [1.82, 2.24) is 9.55 Å². The minimum atomic E-state index is -1.60. The zero-order chi connectivity index (χ0) is 15.3. The second-order valence-electron chi connectivity index (χ2n) is 6.95. The summed E-state index contributed by atoms with van der Waals surface area (Å²) in [6.07, 6.45) is 5.95. The highest BCUT2D eigenvalue weighted by Gasteiger charge is 2.25. The Kier molecular flexibility index (Phi) is 3.46. The molecule has 0 aliphatic carbocycles. The van der Waals surface area contributed by atoms with E-state index in [0.717, 1.165) is 16.2 Å². The van der Waals surface area contributed by atoms with Crippen LogP contribution in [-0.4, -0.2) is 29.2 Å². The average Bonchev–Trinajstić information content (AvgIpc) is 2.30. The van der Waals surface area contributed by atoms with Crippen molar-refractivity contribution in [3.8, 4) is 0 Å². The molecule has 4 heteroatoms. The molecule has 0 unspecified atom stereocenters. The van der Waals surface area contributed by atoms with E-state index in [1.165, 1.54) is 5.56 Å². The van der Waals surface area contributed by atoms with Crippen LogP contribution in [-0.2, 0) is 12.5 Å². The molecular formula is C16H23N2OP. The van der Waals surface area contributed by atoms with Gasteiger partial charge < -0.3 is 4.57 Å². The van der Waals surface area contributed by atoms with Crippen molar-refractivity contribution in [1.29, 1.82) is 0 Å². The van der Waals surface area contributed by atoms with Crippen LogP contribution in [0.15, 0.2) is 23.3 Å². The van der Waals surface area contributed by atoms with Crippen LogP contribution in [0.4, 0.5) is 0 Å². The van der Waals surface area contributed by atoms with Gasteiger partial charge in [-0.05, 0) is 35.7 Å². The maximum atomic E-state index is 12.6. The summed E-state index contributed by atoms with van der Waals surface area (Å²) in [6, 6.07) is 4.06. The molecule has 0 aliphatic heterocycles. The molecule has 0 amide bonds. The molecular weight excluding hydrogens is 267 g/mol. The van der Waals surface area contributed by atoms with Crippen LogP contribution in [0.5, 0.6) is 0 Å². The lowest BCUT2D eigenvalue weighted by molar-refractivity contribution is 0.594. The number of fused-ring (bicyclic) bond motifs is 1. The molecule has 0 aliphatic rings. The van der Waals surface area contributed by atoms with Gasteiger partial charge in [-0.2, -0.15) is 0 Å². The van der Waals surface area contributed by atoms with Gasteiger partial charge in [-0.3, -0.25) is 4.79 Å². The van der Waals surface area contributed by atoms with E-state index in [1.807, 2.05) is 6.07 Å². The molecule has 0 radical (unpaired) electrons. The van der Waals surface area contributed by atoms with Gasteiger partial charge >= 0.3 is 0 Å². The van der Waals surface area contributed by atoms with Gasteiger partial charge in [0.2, 0.25) is 0 Å². The SMILES string of the molecule is C=P(C)(C)c1c(C(C)(C)C)ccc2ncn(C)c(=O)c12. The Morgan fingerprint density at radius 3 is 2.35 bits per heavy atom. The number of aryl methyl sites for hydroxylation is 1. The second-order valence-corrected chi connectivity index (χ2v) is 10.8. The largest absolute Gasteiger partial charge is 0.302 e. The van der Waals surface area contributed by atoms with Crippen LogP contribution in [0, 0.1) is 0 Å². The number of hydrogen-bond acceptors (Lipinski definition) is 2. The Labute approximate surface area is 120 Å². The first-order valence-corrected chi connectivity index (χ1v) is 9.58. The summed E-state index contributed by atoms with van der Waals surface area (Å²) in [5.74, 6) is 0. The molecule has 1 aromatic carbocycles. The Bertz CT molecular complexity index is 775. The molecule has 0 atom stereocenters. The van der Waals surface area contributed by atoms with Crippen LogP contribution in [0.2, 0.25) is 0 Å². The van der Waals surface area contributed by atoms with Crippen molar-refractivity contribution >= 4 is 29.4 Å². The number of aromatic nitrogens is 2. The summed E-state index contributed by atoms with van der Waals surface area (Å²) >= 11 is 0. The molecule has 0 saturated heterocycles. The van der Waals surface area contributed by atoms with Crippen LogP contribution >= 0.6 is 6.89 Å². The third-order valence-electron chi connectivity index (χ3n) is 3.47. The van der Waals surface area contributed by atoms with Gasteiger partial charge in [-0.25, -0.2) is 4.98 Å². The summed E-state index contributed by atoms with van der Waals surface area (Å²) in [6.45, 7) is 9.24. The molecule has 2 aromatic rings. The summed E-state index contributed by atoms with van der Waals surface area (Å²) in [5, 5.41) is 1.87. The average molecular weight is 290 g/mol. The van der Waals surface area contributed by atoms with Gasteiger partial charge in [0.1, 0.15) is 0 Å². The van der Waals surface area contributed by atoms with Gasteiger partial charge in [-0.1, -0.05) is 40.0 Å². The number of rotatable bonds is 1. The molecule has 0 saturated carbocycles. The third kappa shape index (κ3) is 2.47. The first-order valence-electron chi connectivity index (χ1n) is 6.71. The third-order valence-corrected chi connectivity index (χ3v) is 5.15. The lowest BCUT2D eigenvalue weighted by atomic mass is 9.86. The summed E-state index contributed by atoms with van der Waals surface area (Å²) in [4.78, 5) is 17.0. The topological polar surface area (TPSA) is 34.9 Å².